The number of nitrogens with one attached hydrogen (secondary N) is 1. The Morgan fingerprint density at radius 3 is 2.45 bits per heavy atom. The van der Waals surface area contributed by atoms with Crippen molar-refractivity contribution >= 4 is 29.7 Å². The first-order valence-electron chi connectivity index (χ1n) is 12.5. The van der Waals surface area contributed by atoms with E-state index >= 15 is 0 Å². The minimum Gasteiger partial charge on any atom is -0.381 e. The molecular weight excluding hydrogens is 552 g/mol. The van der Waals surface area contributed by atoms with Gasteiger partial charge in [0.25, 0.3) is 5.91 Å². The zero-order chi connectivity index (χ0) is 28.9. The number of piperazine rings is 1. The fourth-order valence-electron chi connectivity index (χ4n) is 4.49. The third kappa shape index (κ3) is 7.44. The Hall–Kier alpha value is -3.34. The monoisotopic (exact) mass is 579 g/mol. The van der Waals surface area contributed by atoms with Crippen LogP contribution in [0.4, 0.5) is 32.3 Å². The van der Waals surface area contributed by atoms with Gasteiger partial charge in [0.2, 0.25) is 11.9 Å². The van der Waals surface area contributed by atoms with E-state index in [1.165, 1.54) is 0 Å². The van der Waals surface area contributed by atoms with Gasteiger partial charge in [-0.05, 0) is 6.42 Å². The van der Waals surface area contributed by atoms with Crippen LogP contribution in [0.2, 0.25) is 0 Å². The van der Waals surface area contributed by atoms with Gasteiger partial charge in [-0.15, -0.1) is 0 Å². The van der Waals surface area contributed by atoms with Gasteiger partial charge in [0.05, 0.1) is 49.8 Å². The normalized spacial score (nSPS) is 23.9. The molecule has 40 heavy (non-hydrogen) atoms. The van der Waals surface area contributed by atoms with Crippen molar-refractivity contribution in [3.8, 4) is 0 Å². The highest BCUT2D eigenvalue weighted by Gasteiger charge is 2.49. The quantitative estimate of drug-likeness (QED) is 0.368. The second-order valence-corrected chi connectivity index (χ2v) is 9.42. The Kier molecular flexibility index (Phi) is 9.22. The summed E-state index contributed by atoms with van der Waals surface area (Å²) in [5.41, 5.74) is 0.349. The van der Waals surface area contributed by atoms with Gasteiger partial charge in [-0.3, -0.25) is 14.6 Å². The molecule has 0 bridgehead atoms. The maximum atomic E-state index is 13.5. The minimum absolute atomic E-state index is 0.00668. The molecule has 3 atom stereocenters. The van der Waals surface area contributed by atoms with Crippen molar-refractivity contribution in [2.24, 2.45) is 21.9 Å². The molecule has 11 nitrogen and oxygen atoms in total. The number of carbonyl (C=O) groups excluding carboxylic acids is 2. The third-order valence-corrected chi connectivity index (χ3v) is 6.71. The molecule has 1 aromatic heterocycles. The van der Waals surface area contributed by atoms with E-state index in [4.69, 9.17) is 9.47 Å². The summed E-state index contributed by atoms with van der Waals surface area (Å²) in [4.78, 5) is 39.4. The number of halogens is 6. The minimum atomic E-state index is -4.85. The molecule has 4 rings (SSSR count). The van der Waals surface area contributed by atoms with Crippen molar-refractivity contribution in [1.29, 1.82) is 0 Å². The van der Waals surface area contributed by atoms with Gasteiger partial charge in [0, 0.05) is 51.1 Å². The van der Waals surface area contributed by atoms with E-state index < -0.39 is 41.5 Å². The zero-order valence-corrected chi connectivity index (χ0v) is 21.1. The lowest BCUT2D eigenvalue weighted by Gasteiger charge is -2.34. The first-order valence-corrected chi connectivity index (χ1v) is 12.5. The van der Waals surface area contributed by atoms with E-state index in [1.807, 2.05) is 5.43 Å². The fourth-order valence-corrected chi connectivity index (χ4v) is 4.49. The predicted molar refractivity (Wildman–Crippen MR) is 128 cm³/mol. The molecule has 1 N–H and O–H groups in total. The molecule has 0 spiro atoms. The highest BCUT2D eigenvalue weighted by Crippen LogP contribution is 2.30. The zero-order valence-electron chi connectivity index (χ0n) is 21.1. The van der Waals surface area contributed by atoms with Crippen LogP contribution in [0.1, 0.15) is 18.4 Å². The Bertz CT molecular complexity index is 1100. The number of hydrazone groups is 1. The molecule has 3 aliphatic rings. The molecule has 1 aromatic rings. The Morgan fingerprint density at radius 1 is 1.15 bits per heavy atom. The molecule has 2 amide bonds. The lowest BCUT2D eigenvalue weighted by atomic mass is 9.97. The summed E-state index contributed by atoms with van der Waals surface area (Å²) >= 11 is 0. The largest absolute Gasteiger partial charge is 0.419 e. The van der Waals surface area contributed by atoms with Crippen molar-refractivity contribution in [3.05, 3.63) is 18.0 Å². The van der Waals surface area contributed by atoms with Crippen LogP contribution < -0.4 is 10.3 Å². The molecule has 17 heteroatoms. The Labute approximate surface area is 224 Å². The number of hydrogen-bond donors (Lipinski definition) is 1. The van der Waals surface area contributed by atoms with E-state index in [0.717, 1.165) is 6.21 Å². The summed E-state index contributed by atoms with van der Waals surface area (Å²) in [7, 11) is 0. The first-order chi connectivity index (χ1) is 18.9. The molecule has 0 aromatic carbocycles. The summed E-state index contributed by atoms with van der Waals surface area (Å²) in [5.74, 6) is -4.06. The van der Waals surface area contributed by atoms with E-state index in [-0.39, 0.29) is 44.0 Å². The maximum absolute atomic E-state index is 13.5. The molecular formula is C23H27F6N7O4. The van der Waals surface area contributed by atoms with Crippen LogP contribution in [0.15, 0.2) is 22.5 Å². The SMILES string of the molecule is O=C1NN=CC(=N[C@@H](COCCC(=O)N2CCN(c3ncc(C(F)(F)F)cn3)CC2)[C@H]2CCOC2)C1C(F)(F)F. The Balaban J connectivity index is 1.27. The second kappa shape index (κ2) is 12.4. The number of carbonyl (C=O) groups is 2. The van der Waals surface area contributed by atoms with Gasteiger partial charge in [0.15, 0.2) is 5.92 Å². The van der Waals surface area contributed by atoms with E-state index in [9.17, 15) is 35.9 Å². The third-order valence-electron chi connectivity index (χ3n) is 6.71. The fraction of sp³-hybridized carbons (Fsp3) is 0.652. The molecule has 1 unspecified atom stereocenters. The first kappa shape index (κ1) is 29.6. The highest BCUT2D eigenvalue weighted by atomic mass is 19.4. The number of rotatable bonds is 8. The van der Waals surface area contributed by atoms with E-state index in [1.54, 1.807) is 9.80 Å². The van der Waals surface area contributed by atoms with Crippen LogP contribution in [-0.4, -0.2) is 103 Å². The van der Waals surface area contributed by atoms with Gasteiger partial charge >= 0.3 is 12.4 Å². The molecule has 0 aliphatic carbocycles. The summed E-state index contributed by atoms with van der Waals surface area (Å²) in [6, 6.07) is -0.734. The average molecular weight is 580 g/mol. The molecule has 2 fully saturated rings. The highest BCUT2D eigenvalue weighted by molar-refractivity contribution is 6.37. The standard InChI is InChI=1S/C23H27F6N7O4/c24-22(25,26)15-9-30-21(31-10-15)36-5-3-35(4-6-36)18(37)2-8-40-13-17(14-1-7-39-12-14)33-16-11-32-34-20(38)19(16)23(27,28)29/h9-11,14,17,19H,1-8,12-13H2,(H,34,38)/t14-,17-,19?/m0/s1. The average Bonchev–Trinajstić information content (AvgIpc) is 3.44. The lowest BCUT2D eigenvalue weighted by Crippen LogP contribution is -2.49. The van der Waals surface area contributed by atoms with Crippen LogP contribution in [0.25, 0.3) is 0 Å². The number of amides is 2. The number of aliphatic imine (C=N–C) groups is 1. The van der Waals surface area contributed by atoms with Crippen molar-refractivity contribution < 1.29 is 45.4 Å². The van der Waals surface area contributed by atoms with Crippen LogP contribution in [0.5, 0.6) is 0 Å². The van der Waals surface area contributed by atoms with Crippen molar-refractivity contribution in [3.63, 3.8) is 0 Å². The smallest absolute Gasteiger partial charge is 0.381 e. The topological polar surface area (TPSA) is 122 Å². The van der Waals surface area contributed by atoms with Crippen LogP contribution >= 0.6 is 0 Å². The van der Waals surface area contributed by atoms with Gasteiger partial charge in [-0.2, -0.15) is 31.4 Å². The summed E-state index contributed by atoms with van der Waals surface area (Å²) in [5, 5.41) is 3.46. The summed E-state index contributed by atoms with van der Waals surface area (Å²) < 4.78 is 89.5. The molecule has 2 saturated heterocycles. The van der Waals surface area contributed by atoms with Gasteiger partial charge < -0.3 is 19.3 Å². The summed E-state index contributed by atoms with van der Waals surface area (Å²) in [6.07, 6.45) is -6.51. The molecule has 0 radical (unpaired) electrons. The lowest BCUT2D eigenvalue weighted by molar-refractivity contribution is -0.168. The molecule has 220 valence electrons. The van der Waals surface area contributed by atoms with Gasteiger partial charge in [0.1, 0.15) is 0 Å². The van der Waals surface area contributed by atoms with Crippen molar-refractivity contribution in [2.75, 3.05) is 57.5 Å². The maximum Gasteiger partial charge on any atom is 0.419 e. The van der Waals surface area contributed by atoms with Gasteiger partial charge in [-0.1, -0.05) is 0 Å². The molecule has 0 saturated carbocycles. The number of ether oxygens (including phenoxy) is 2. The number of anilines is 1. The van der Waals surface area contributed by atoms with E-state index in [0.29, 0.717) is 51.6 Å². The van der Waals surface area contributed by atoms with Gasteiger partial charge in [-0.25, -0.2) is 15.4 Å². The van der Waals surface area contributed by atoms with Crippen LogP contribution in [0, 0.1) is 11.8 Å². The number of alkyl halides is 6. The number of nitrogens with zero attached hydrogens (tertiary/aromatic N) is 6. The number of aromatic nitrogens is 2. The summed E-state index contributed by atoms with van der Waals surface area (Å²) in [6.45, 7) is 1.88. The molecule has 3 aliphatic heterocycles. The van der Waals surface area contributed by atoms with Crippen LogP contribution in [0.3, 0.4) is 0 Å². The predicted octanol–water partition coefficient (Wildman–Crippen LogP) is 1.69. The van der Waals surface area contributed by atoms with Crippen molar-refractivity contribution in [1.82, 2.24) is 20.3 Å². The van der Waals surface area contributed by atoms with Crippen LogP contribution in [-0.2, 0) is 25.2 Å². The van der Waals surface area contributed by atoms with Crippen molar-refractivity contribution in [2.45, 2.75) is 31.2 Å². The number of hydrogen-bond acceptors (Lipinski definition) is 9. The van der Waals surface area contributed by atoms with E-state index in [2.05, 4.69) is 20.1 Å². The second-order valence-electron chi connectivity index (χ2n) is 9.42. The Morgan fingerprint density at radius 2 is 1.85 bits per heavy atom. The molecule has 4 heterocycles.